The molecule has 18 heavy (non-hydrogen) atoms. The van der Waals surface area contributed by atoms with E-state index >= 15 is 0 Å². The van der Waals surface area contributed by atoms with Crippen molar-refractivity contribution in [3.05, 3.63) is 35.4 Å². The number of fused-ring (bicyclic) bond motifs is 1. The summed E-state index contributed by atoms with van der Waals surface area (Å²) in [6.07, 6.45) is 3.34. The van der Waals surface area contributed by atoms with Crippen molar-refractivity contribution in [1.29, 1.82) is 0 Å². The summed E-state index contributed by atoms with van der Waals surface area (Å²) in [5.41, 5.74) is 9.08. The lowest BCUT2D eigenvalue weighted by molar-refractivity contribution is -0.0114. The molecule has 2 N–H and O–H groups in total. The first-order valence-electron chi connectivity index (χ1n) is 6.89. The molecule has 1 unspecified atom stereocenters. The Morgan fingerprint density at radius 1 is 1.28 bits per heavy atom. The van der Waals surface area contributed by atoms with Gasteiger partial charge in [-0.15, -0.1) is 0 Å². The fraction of sp³-hybridized carbons (Fsp3) is 0.625. The van der Waals surface area contributed by atoms with Crippen LogP contribution in [0.2, 0.25) is 0 Å². The summed E-state index contributed by atoms with van der Waals surface area (Å²) in [7, 11) is 0. The number of benzene rings is 1. The fourth-order valence-corrected chi connectivity index (χ4v) is 2.89. The lowest BCUT2D eigenvalue weighted by Gasteiger charge is -2.30. The molecule has 0 saturated carbocycles. The maximum Gasteiger partial charge on any atom is 0.0598 e. The van der Waals surface area contributed by atoms with E-state index < -0.39 is 0 Å². The Labute approximate surface area is 111 Å². The van der Waals surface area contributed by atoms with Crippen LogP contribution in [-0.4, -0.2) is 18.8 Å². The van der Waals surface area contributed by atoms with Crippen LogP contribution in [-0.2, 0) is 16.6 Å². The van der Waals surface area contributed by atoms with Crippen LogP contribution in [0.15, 0.2) is 24.3 Å². The van der Waals surface area contributed by atoms with Gasteiger partial charge in [0.25, 0.3) is 0 Å². The van der Waals surface area contributed by atoms with Gasteiger partial charge in [-0.1, -0.05) is 24.3 Å². The van der Waals surface area contributed by atoms with Gasteiger partial charge in [-0.3, -0.25) is 0 Å². The summed E-state index contributed by atoms with van der Waals surface area (Å²) >= 11 is 0. The van der Waals surface area contributed by atoms with Gasteiger partial charge in [-0.05, 0) is 51.2 Å². The molecule has 2 heteroatoms. The zero-order valence-electron chi connectivity index (χ0n) is 11.8. The van der Waals surface area contributed by atoms with E-state index in [-0.39, 0.29) is 11.0 Å². The van der Waals surface area contributed by atoms with Crippen molar-refractivity contribution in [2.24, 2.45) is 5.73 Å². The first kappa shape index (κ1) is 13.6. The first-order valence-corrected chi connectivity index (χ1v) is 6.89. The molecule has 0 aromatic heterocycles. The monoisotopic (exact) mass is 247 g/mol. The Bertz CT molecular complexity index is 408. The summed E-state index contributed by atoms with van der Waals surface area (Å²) in [5, 5.41) is 0. The highest BCUT2D eigenvalue weighted by atomic mass is 16.5. The van der Waals surface area contributed by atoms with Crippen LogP contribution in [0, 0.1) is 0 Å². The third kappa shape index (κ3) is 2.76. The zero-order valence-corrected chi connectivity index (χ0v) is 11.8. The van der Waals surface area contributed by atoms with Gasteiger partial charge >= 0.3 is 0 Å². The molecule has 0 fully saturated rings. The van der Waals surface area contributed by atoms with Crippen molar-refractivity contribution in [3.8, 4) is 0 Å². The number of ether oxygens (including phenoxy) is 1. The molecule has 1 aliphatic rings. The third-order valence-electron chi connectivity index (χ3n) is 3.97. The van der Waals surface area contributed by atoms with Crippen LogP contribution in [0.25, 0.3) is 0 Å². The van der Waals surface area contributed by atoms with E-state index in [1.54, 1.807) is 0 Å². The van der Waals surface area contributed by atoms with Crippen LogP contribution in [0.5, 0.6) is 0 Å². The normalized spacial score (nSPS) is 23.1. The second-order valence-electron chi connectivity index (χ2n) is 6.35. The lowest BCUT2D eigenvalue weighted by atomic mass is 9.79. The molecule has 0 heterocycles. The summed E-state index contributed by atoms with van der Waals surface area (Å²) in [6, 6.07) is 8.72. The van der Waals surface area contributed by atoms with Crippen LogP contribution < -0.4 is 5.73 Å². The Balaban J connectivity index is 2.09. The van der Waals surface area contributed by atoms with Crippen molar-refractivity contribution in [2.75, 3.05) is 13.2 Å². The van der Waals surface area contributed by atoms with Gasteiger partial charge in [-0.25, -0.2) is 0 Å². The van der Waals surface area contributed by atoms with Gasteiger partial charge in [0.1, 0.15) is 0 Å². The molecule has 1 aromatic carbocycles. The van der Waals surface area contributed by atoms with Gasteiger partial charge in [0.15, 0.2) is 0 Å². The maximum absolute atomic E-state index is 6.08. The fourth-order valence-electron chi connectivity index (χ4n) is 2.89. The van der Waals surface area contributed by atoms with Crippen molar-refractivity contribution in [2.45, 2.75) is 51.0 Å². The number of nitrogens with two attached hydrogens (primary N) is 1. The summed E-state index contributed by atoms with van der Waals surface area (Å²) < 4.78 is 5.88. The highest BCUT2D eigenvalue weighted by molar-refractivity contribution is 5.39. The van der Waals surface area contributed by atoms with Crippen molar-refractivity contribution < 1.29 is 4.74 Å². The highest BCUT2D eigenvalue weighted by Crippen LogP contribution is 2.40. The number of aryl methyl sites for hydroxylation is 1. The molecule has 0 amide bonds. The predicted molar refractivity (Wildman–Crippen MR) is 75.8 cm³/mol. The standard InChI is InChI=1S/C16H25NO/c1-15(2,3)18-11-10-16(12-17)9-8-13-6-4-5-7-14(13)16/h4-7H,8-12,17H2,1-3H3. The average Bonchev–Trinajstić information content (AvgIpc) is 2.68. The average molecular weight is 247 g/mol. The number of rotatable bonds is 4. The molecule has 2 rings (SSSR count). The Hall–Kier alpha value is -0.860. The zero-order chi connectivity index (χ0) is 13.2. The van der Waals surface area contributed by atoms with Crippen molar-refractivity contribution in [3.63, 3.8) is 0 Å². The molecule has 100 valence electrons. The van der Waals surface area contributed by atoms with E-state index in [0.717, 1.165) is 32.4 Å². The summed E-state index contributed by atoms with van der Waals surface area (Å²) in [6.45, 7) is 7.81. The van der Waals surface area contributed by atoms with Crippen molar-refractivity contribution >= 4 is 0 Å². The highest BCUT2D eigenvalue weighted by Gasteiger charge is 2.37. The first-order chi connectivity index (χ1) is 8.47. The summed E-state index contributed by atoms with van der Waals surface area (Å²) in [5.74, 6) is 0. The minimum atomic E-state index is -0.0616. The molecule has 1 aliphatic carbocycles. The van der Waals surface area contributed by atoms with Gasteiger partial charge in [0.2, 0.25) is 0 Å². The largest absolute Gasteiger partial charge is 0.376 e. The van der Waals surface area contributed by atoms with Crippen LogP contribution >= 0.6 is 0 Å². The van der Waals surface area contributed by atoms with Crippen LogP contribution in [0.3, 0.4) is 0 Å². The Morgan fingerprint density at radius 3 is 2.67 bits per heavy atom. The third-order valence-corrected chi connectivity index (χ3v) is 3.97. The molecule has 0 spiro atoms. The molecule has 1 atom stereocenters. The smallest absolute Gasteiger partial charge is 0.0598 e. The van der Waals surface area contributed by atoms with E-state index in [1.807, 2.05) is 0 Å². The molecule has 0 aliphatic heterocycles. The van der Waals surface area contributed by atoms with Gasteiger partial charge in [-0.2, -0.15) is 0 Å². The second kappa shape index (κ2) is 5.02. The number of hydrogen-bond donors (Lipinski definition) is 1. The van der Waals surface area contributed by atoms with Gasteiger partial charge in [0, 0.05) is 18.6 Å². The molecular formula is C16H25NO. The van der Waals surface area contributed by atoms with Gasteiger partial charge in [0.05, 0.1) is 5.60 Å². The van der Waals surface area contributed by atoms with Gasteiger partial charge < -0.3 is 10.5 Å². The summed E-state index contributed by atoms with van der Waals surface area (Å²) in [4.78, 5) is 0. The Morgan fingerprint density at radius 2 is 2.00 bits per heavy atom. The molecular weight excluding hydrogens is 222 g/mol. The molecule has 0 saturated heterocycles. The minimum absolute atomic E-state index is 0.0616. The molecule has 0 radical (unpaired) electrons. The van der Waals surface area contributed by atoms with E-state index in [9.17, 15) is 0 Å². The molecule has 1 aromatic rings. The predicted octanol–water partition coefficient (Wildman–Crippen LogP) is 3.03. The van der Waals surface area contributed by atoms with E-state index in [2.05, 4.69) is 45.0 Å². The van der Waals surface area contributed by atoms with E-state index in [1.165, 1.54) is 11.1 Å². The number of hydrogen-bond acceptors (Lipinski definition) is 2. The Kier molecular flexibility index (Phi) is 3.79. The van der Waals surface area contributed by atoms with E-state index in [4.69, 9.17) is 10.5 Å². The molecule has 2 nitrogen and oxygen atoms in total. The minimum Gasteiger partial charge on any atom is -0.376 e. The topological polar surface area (TPSA) is 35.2 Å². The maximum atomic E-state index is 6.08. The second-order valence-corrected chi connectivity index (χ2v) is 6.35. The molecule has 0 bridgehead atoms. The lowest BCUT2D eigenvalue weighted by Crippen LogP contribution is -2.35. The van der Waals surface area contributed by atoms with Crippen LogP contribution in [0.4, 0.5) is 0 Å². The van der Waals surface area contributed by atoms with Crippen LogP contribution in [0.1, 0.15) is 44.7 Å². The SMILES string of the molecule is CC(C)(C)OCCC1(CN)CCc2ccccc21. The van der Waals surface area contributed by atoms with Crippen molar-refractivity contribution in [1.82, 2.24) is 0 Å². The van der Waals surface area contributed by atoms with E-state index in [0.29, 0.717) is 0 Å². The quantitative estimate of drug-likeness (QED) is 0.887.